The van der Waals surface area contributed by atoms with Crippen LogP contribution in [0.4, 0.5) is 0 Å². The van der Waals surface area contributed by atoms with Crippen LogP contribution in [0.1, 0.15) is 27.7 Å². The van der Waals surface area contributed by atoms with E-state index in [-0.39, 0.29) is 5.04 Å². The van der Waals surface area contributed by atoms with Crippen LogP contribution in [0.25, 0.3) is 0 Å². The molecule has 3 heteroatoms. The van der Waals surface area contributed by atoms with Crippen molar-refractivity contribution in [2.45, 2.75) is 32.7 Å². The fourth-order valence-electron chi connectivity index (χ4n) is 2.96. The van der Waals surface area contributed by atoms with E-state index in [0.29, 0.717) is 5.71 Å². The molecule has 2 nitrogen and oxygen atoms in total. The lowest BCUT2D eigenvalue weighted by molar-refractivity contribution is 0.740. The summed E-state index contributed by atoms with van der Waals surface area (Å²) < 4.78 is 0. The van der Waals surface area contributed by atoms with E-state index in [1.165, 1.54) is 10.4 Å². The van der Waals surface area contributed by atoms with Gasteiger partial charge in [0.25, 0.3) is 0 Å². The quantitative estimate of drug-likeness (QED) is 0.298. The average molecular weight is 321 g/mol. The fourth-order valence-corrected chi connectivity index (χ4v) is 7.44. The lowest BCUT2D eigenvalue weighted by Gasteiger charge is -2.39. The second-order valence-electron chi connectivity index (χ2n) is 6.70. The molecular weight excluding hydrogens is 296 g/mol. The molecule has 0 aromatic heterocycles. The number of hydrogen-bond acceptors (Lipinski definition) is 2. The molecule has 0 aliphatic heterocycles. The van der Waals surface area contributed by atoms with Gasteiger partial charge in [-0.3, -0.25) is 0 Å². The molecule has 0 saturated heterocycles. The maximum Gasteiger partial charge on any atom is 0.204 e. The summed E-state index contributed by atoms with van der Waals surface area (Å²) in [6.07, 6.45) is 0. The molecule has 0 aliphatic carbocycles. The Hall–Kier alpha value is -2.31. The summed E-state index contributed by atoms with van der Waals surface area (Å²) in [6.45, 7) is 8.69. The highest BCUT2D eigenvalue weighted by atomic mass is 28.3. The number of hydrogen-bond donors (Lipinski definition) is 1. The zero-order valence-electron chi connectivity index (χ0n) is 14.3. The Labute approximate surface area is 140 Å². The molecule has 0 fully saturated rings. The molecule has 0 spiro atoms. The minimum absolute atomic E-state index is 0.0254. The van der Waals surface area contributed by atoms with Crippen molar-refractivity contribution in [2.24, 2.45) is 10.9 Å². The van der Waals surface area contributed by atoms with E-state index in [2.05, 4.69) is 98.0 Å². The lowest BCUT2D eigenvalue weighted by Crippen LogP contribution is -2.63. The van der Waals surface area contributed by atoms with Gasteiger partial charge in [-0.2, -0.15) is 5.10 Å². The number of hydrazone groups is 1. The van der Waals surface area contributed by atoms with Gasteiger partial charge in [0.2, 0.25) is 8.07 Å². The normalized spacial score (nSPS) is 12.4. The average Bonchev–Trinajstić information content (AvgIpc) is 2.56. The minimum atomic E-state index is -2.33. The largest absolute Gasteiger partial charge is 0.322 e. The highest BCUT2D eigenvalue weighted by Gasteiger charge is 2.46. The van der Waals surface area contributed by atoms with Crippen LogP contribution in [0.2, 0.25) is 5.04 Å². The maximum absolute atomic E-state index is 5.39. The Bertz CT molecular complexity index is 692. The predicted octanol–water partition coefficient (Wildman–Crippen LogP) is 2.93. The van der Waals surface area contributed by atoms with Gasteiger partial charge in [0, 0.05) is 0 Å². The van der Waals surface area contributed by atoms with Gasteiger partial charge in [-0.25, -0.2) is 0 Å². The van der Waals surface area contributed by atoms with Gasteiger partial charge >= 0.3 is 0 Å². The van der Waals surface area contributed by atoms with Crippen LogP contribution in [0, 0.1) is 11.5 Å². The number of nitrogens with two attached hydrogens (primary N) is 1. The van der Waals surface area contributed by atoms with Crippen LogP contribution in [0.5, 0.6) is 0 Å². The van der Waals surface area contributed by atoms with E-state index in [1.807, 2.05) is 6.92 Å². The number of benzene rings is 2. The van der Waals surface area contributed by atoms with Gasteiger partial charge in [0.1, 0.15) is 5.71 Å². The molecule has 23 heavy (non-hydrogen) atoms. The van der Waals surface area contributed by atoms with Gasteiger partial charge in [-0.1, -0.05) is 87.4 Å². The Balaban J connectivity index is 2.82. The summed E-state index contributed by atoms with van der Waals surface area (Å²) in [6, 6.07) is 21.3. The van der Waals surface area contributed by atoms with Crippen LogP contribution in [0.3, 0.4) is 0 Å². The van der Waals surface area contributed by atoms with E-state index in [4.69, 9.17) is 5.84 Å². The van der Waals surface area contributed by atoms with Crippen LogP contribution in [0.15, 0.2) is 65.8 Å². The molecule has 0 heterocycles. The molecule has 0 radical (unpaired) electrons. The first-order valence-electron chi connectivity index (χ1n) is 7.80. The zero-order chi connectivity index (χ0) is 16.9. The Morgan fingerprint density at radius 3 is 1.70 bits per heavy atom. The van der Waals surface area contributed by atoms with Gasteiger partial charge < -0.3 is 5.84 Å². The lowest BCUT2D eigenvalue weighted by atomic mass is 10.2. The van der Waals surface area contributed by atoms with Crippen molar-refractivity contribution >= 4 is 24.2 Å². The molecule has 0 amide bonds. The highest BCUT2D eigenvalue weighted by Crippen LogP contribution is 2.35. The van der Waals surface area contributed by atoms with Crippen LogP contribution >= 0.6 is 0 Å². The third kappa shape index (κ3) is 3.38. The van der Waals surface area contributed by atoms with Crippen LogP contribution in [-0.4, -0.2) is 13.8 Å². The Morgan fingerprint density at radius 1 is 0.913 bits per heavy atom. The SMILES string of the molecule is C/C(C#C[Si](c1ccccc1)(c1ccccc1)C(C)(C)C)=N\N. The topological polar surface area (TPSA) is 38.4 Å². The maximum atomic E-state index is 5.39. The van der Waals surface area contributed by atoms with Crippen molar-refractivity contribution < 1.29 is 0 Å². The van der Waals surface area contributed by atoms with E-state index in [1.54, 1.807) is 0 Å². The summed E-state index contributed by atoms with van der Waals surface area (Å²) in [5, 5.41) is 6.38. The monoisotopic (exact) mass is 320 g/mol. The Kier molecular flexibility index (Phi) is 5.07. The molecular formula is C20H24N2Si. The first kappa shape index (κ1) is 17.0. The molecule has 0 unspecified atom stereocenters. The highest BCUT2D eigenvalue weighted by molar-refractivity contribution is 7.10. The first-order valence-corrected chi connectivity index (χ1v) is 9.80. The third-order valence-corrected chi connectivity index (χ3v) is 9.31. The van der Waals surface area contributed by atoms with Gasteiger partial charge in [0.05, 0.1) is 0 Å². The molecule has 0 saturated carbocycles. The number of rotatable bonds is 2. The second kappa shape index (κ2) is 6.85. The Morgan fingerprint density at radius 2 is 1.35 bits per heavy atom. The zero-order valence-corrected chi connectivity index (χ0v) is 15.3. The summed E-state index contributed by atoms with van der Waals surface area (Å²) in [5.74, 6) is 8.60. The van der Waals surface area contributed by atoms with E-state index in [9.17, 15) is 0 Å². The summed E-state index contributed by atoms with van der Waals surface area (Å²) in [4.78, 5) is 0. The molecule has 0 bridgehead atoms. The van der Waals surface area contributed by atoms with Crippen molar-refractivity contribution in [1.29, 1.82) is 0 Å². The molecule has 118 valence electrons. The second-order valence-corrected chi connectivity index (χ2v) is 11.1. The van der Waals surface area contributed by atoms with E-state index < -0.39 is 8.07 Å². The summed E-state index contributed by atoms with van der Waals surface area (Å²) in [7, 11) is -2.33. The smallest absolute Gasteiger partial charge is 0.204 e. The van der Waals surface area contributed by atoms with Crippen LogP contribution < -0.4 is 16.2 Å². The van der Waals surface area contributed by atoms with Crippen molar-refractivity contribution in [3.63, 3.8) is 0 Å². The molecule has 2 aromatic carbocycles. The van der Waals surface area contributed by atoms with Crippen molar-refractivity contribution in [3.05, 3.63) is 60.7 Å². The summed E-state index contributed by atoms with van der Waals surface area (Å²) in [5.41, 5.74) is 4.30. The molecule has 0 aliphatic rings. The summed E-state index contributed by atoms with van der Waals surface area (Å²) >= 11 is 0. The van der Waals surface area contributed by atoms with Crippen molar-refractivity contribution in [1.82, 2.24) is 0 Å². The molecule has 2 rings (SSSR count). The minimum Gasteiger partial charge on any atom is -0.322 e. The first-order chi connectivity index (χ1) is 10.9. The third-order valence-electron chi connectivity index (χ3n) is 4.16. The van der Waals surface area contributed by atoms with Gasteiger partial charge in [-0.15, -0.1) is 5.54 Å². The number of nitrogens with zero attached hydrogens (tertiary/aromatic N) is 1. The molecule has 2 aromatic rings. The standard InChI is InChI=1S/C20H24N2Si/c1-17(22-21)15-16-23(20(2,3)4,18-11-7-5-8-12-18)19-13-9-6-10-14-19/h5-14H,21H2,1-4H3/b22-17+. The molecule has 0 atom stereocenters. The van der Waals surface area contributed by atoms with Gasteiger partial charge in [-0.05, 0) is 22.3 Å². The van der Waals surface area contributed by atoms with Crippen molar-refractivity contribution in [2.75, 3.05) is 0 Å². The van der Waals surface area contributed by atoms with Gasteiger partial charge in [0.15, 0.2) is 0 Å². The van der Waals surface area contributed by atoms with E-state index >= 15 is 0 Å². The fraction of sp³-hybridized carbons (Fsp3) is 0.250. The predicted molar refractivity (Wildman–Crippen MR) is 103 cm³/mol. The van der Waals surface area contributed by atoms with Crippen molar-refractivity contribution in [3.8, 4) is 11.5 Å². The molecule has 2 N–H and O–H groups in total. The van der Waals surface area contributed by atoms with Crippen LogP contribution in [-0.2, 0) is 0 Å². The van der Waals surface area contributed by atoms with E-state index in [0.717, 1.165) is 0 Å².